The number of rotatable bonds is 2. The molecule has 0 amide bonds. The van der Waals surface area contributed by atoms with Crippen molar-refractivity contribution in [2.45, 2.75) is 70.9 Å². The van der Waals surface area contributed by atoms with Crippen molar-refractivity contribution in [3.05, 3.63) is 0 Å². The van der Waals surface area contributed by atoms with Gasteiger partial charge in [0, 0.05) is 5.92 Å². The molecule has 2 N–H and O–H groups in total. The highest BCUT2D eigenvalue weighted by Crippen LogP contribution is 2.34. The molecule has 4 atom stereocenters. The van der Waals surface area contributed by atoms with Gasteiger partial charge in [0.05, 0.1) is 12.1 Å². The van der Waals surface area contributed by atoms with Gasteiger partial charge < -0.3 is 5.32 Å². The topological polar surface area (TPSA) is 16.6 Å². The van der Waals surface area contributed by atoms with Crippen LogP contribution in [0.25, 0.3) is 0 Å². The van der Waals surface area contributed by atoms with E-state index < -0.39 is 0 Å². The van der Waals surface area contributed by atoms with Crippen LogP contribution in [-0.2, 0) is 0 Å². The lowest BCUT2D eigenvalue weighted by atomic mass is 9.71. The highest BCUT2D eigenvalue weighted by molar-refractivity contribution is 4.82. The van der Waals surface area contributed by atoms with Crippen LogP contribution in [0, 0.1) is 11.8 Å². The van der Waals surface area contributed by atoms with Gasteiger partial charge in [-0.05, 0) is 44.4 Å². The molecule has 0 aromatic heterocycles. The van der Waals surface area contributed by atoms with Crippen molar-refractivity contribution in [1.29, 1.82) is 0 Å². The molecule has 1 saturated heterocycles. The van der Waals surface area contributed by atoms with Crippen LogP contribution in [0.3, 0.4) is 0 Å². The minimum absolute atomic E-state index is 0.964. The molecule has 0 spiro atoms. The van der Waals surface area contributed by atoms with Crippen LogP contribution in [0.4, 0.5) is 0 Å². The first-order chi connectivity index (χ1) is 6.81. The zero-order valence-electron chi connectivity index (χ0n) is 9.84. The second-order valence-corrected chi connectivity index (χ2v) is 5.55. The summed E-state index contributed by atoms with van der Waals surface area (Å²) in [5, 5.41) is 2.73. The monoisotopic (exact) mass is 196 g/mol. The van der Waals surface area contributed by atoms with Gasteiger partial charge in [0.2, 0.25) is 0 Å². The number of hydrogen-bond donors (Lipinski definition) is 1. The van der Waals surface area contributed by atoms with E-state index >= 15 is 0 Å². The van der Waals surface area contributed by atoms with Crippen molar-refractivity contribution >= 4 is 0 Å². The quantitative estimate of drug-likeness (QED) is 0.698. The largest absolute Gasteiger partial charge is 0.341 e. The van der Waals surface area contributed by atoms with E-state index in [1.165, 1.54) is 44.9 Å². The lowest BCUT2D eigenvalue weighted by molar-refractivity contribution is -0.740. The summed E-state index contributed by atoms with van der Waals surface area (Å²) in [6, 6.07) is 1.95. The van der Waals surface area contributed by atoms with Crippen LogP contribution >= 0.6 is 0 Å². The fraction of sp³-hybridized carbons (Fsp3) is 1.00. The number of nitrogens with two attached hydrogens (primary N) is 1. The molecular formula is C13H26N+. The molecule has 2 fully saturated rings. The van der Waals surface area contributed by atoms with E-state index in [9.17, 15) is 0 Å². The van der Waals surface area contributed by atoms with E-state index in [-0.39, 0.29) is 0 Å². The van der Waals surface area contributed by atoms with E-state index in [2.05, 4.69) is 19.2 Å². The molecular weight excluding hydrogens is 170 g/mol. The molecule has 0 unspecified atom stereocenters. The summed E-state index contributed by atoms with van der Waals surface area (Å²) in [7, 11) is 0. The third-order valence-electron chi connectivity index (χ3n) is 4.53. The summed E-state index contributed by atoms with van der Waals surface area (Å²) >= 11 is 0. The minimum Gasteiger partial charge on any atom is -0.341 e. The second-order valence-electron chi connectivity index (χ2n) is 5.55. The maximum atomic E-state index is 2.73. The Hall–Kier alpha value is -0.0400. The second kappa shape index (κ2) is 4.65. The molecule has 0 aromatic carbocycles. The zero-order valence-corrected chi connectivity index (χ0v) is 9.84. The Kier molecular flexibility index (Phi) is 3.48. The highest BCUT2D eigenvalue weighted by Gasteiger charge is 2.38. The summed E-state index contributed by atoms with van der Waals surface area (Å²) in [5.41, 5.74) is 0. The SMILES string of the molecule is CCC[C@H]1CC[C@H]2[C@H](C)CCC[C@H]2[NH2+]1. The van der Waals surface area contributed by atoms with Gasteiger partial charge in [0.15, 0.2) is 0 Å². The van der Waals surface area contributed by atoms with Crippen molar-refractivity contribution in [1.82, 2.24) is 0 Å². The molecule has 1 heterocycles. The molecule has 1 heteroatoms. The Labute approximate surface area is 88.7 Å². The molecule has 0 bridgehead atoms. The minimum atomic E-state index is 0.964. The van der Waals surface area contributed by atoms with Gasteiger partial charge >= 0.3 is 0 Å². The normalized spacial score (nSPS) is 43.3. The Balaban J connectivity index is 1.89. The summed E-state index contributed by atoms with van der Waals surface area (Å²) in [6.07, 6.45) is 10.3. The molecule has 1 saturated carbocycles. The van der Waals surface area contributed by atoms with Crippen LogP contribution in [0.2, 0.25) is 0 Å². The van der Waals surface area contributed by atoms with Crippen molar-refractivity contribution in [3.8, 4) is 0 Å². The molecule has 2 rings (SSSR count). The maximum absolute atomic E-state index is 2.73. The third kappa shape index (κ3) is 2.13. The van der Waals surface area contributed by atoms with E-state index in [1.54, 1.807) is 0 Å². The Morgan fingerprint density at radius 3 is 2.79 bits per heavy atom. The van der Waals surface area contributed by atoms with Gasteiger partial charge in [-0.1, -0.05) is 20.3 Å². The molecule has 1 aliphatic heterocycles. The predicted molar refractivity (Wildman–Crippen MR) is 60.1 cm³/mol. The summed E-state index contributed by atoms with van der Waals surface area (Å²) in [5.74, 6) is 2.06. The number of piperidine rings is 1. The molecule has 82 valence electrons. The first-order valence-electron chi connectivity index (χ1n) is 6.66. The smallest absolute Gasteiger partial charge is 0.0892 e. The van der Waals surface area contributed by atoms with Gasteiger partial charge in [0.1, 0.15) is 0 Å². The van der Waals surface area contributed by atoms with Crippen LogP contribution in [0.15, 0.2) is 0 Å². The van der Waals surface area contributed by atoms with Crippen molar-refractivity contribution in [2.75, 3.05) is 0 Å². The highest BCUT2D eigenvalue weighted by atomic mass is 15.0. The van der Waals surface area contributed by atoms with Crippen LogP contribution < -0.4 is 5.32 Å². The third-order valence-corrected chi connectivity index (χ3v) is 4.53. The van der Waals surface area contributed by atoms with Gasteiger partial charge in [-0.15, -0.1) is 0 Å². The summed E-state index contributed by atoms with van der Waals surface area (Å²) in [4.78, 5) is 0. The van der Waals surface area contributed by atoms with E-state index in [4.69, 9.17) is 0 Å². The molecule has 1 nitrogen and oxygen atoms in total. The average Bonchev–Trinajstić information content (AvgIpc) is 2.18. The Morgan fingerprint density at radius 2 is 2.00 bits per heavy atom. The zero-order chi connectivity index (χ0) is 9.97. The van der Waals surface area contributed by atoms with E-state index in [1.807, 2.05) is 0 Å². The van der Waals surface area contributed by atoms with Crippen molar-refractivity contribution in [3.63, 3.8) is 0 Å². The van der Waals surface area contributed by atoms with E-state index in [0.29, 0.717) is 0 Å². The van der Waals surface area contributed by atoms with Gasteiger partial charge in [-0.2, -0.15) is 0 Å². The predicted octanol–water partition coefficient (Wildman–Crippen LogP) is 2.32. The maximum Gasteiger partial charge on any atom is 0.0892 e. The van der Waals surface area contributed by atoms with Gasteiger partial charge in [0.25, 0.3) is 0 Å². The van der Waals surface area contributed by atoms with Crippen LogP contribution in [0.5, 0.6) is 0 Å². The molecule has 0 aromatic rings. The molecule has 2 aliphatic rings. The van der Waals surface area contributed by atoms with Crippen molar-refractivity contribution < 1.29 is 5.32 Å². The van der Waals surface area contributed by atoms with Crippen molar-refractivity contribution in [2.24, 2.45) is 11.8 Å². The fourth-order valence-corrected chi connectivity index (χ4v) is 3.73. The summed E-state index contributed by atoms with van der Waals surface area (Å²) in [6.45, 7) is 4.80. The summed E-state index contributed by atoms with van der Waals surface area (Å²) < 4.78 is 0. The van der Waals surface area contributed by atoms with Gasteiger partial charge in [-0.3, -0.25) is 0 Å². The number of hydrogen-bond acceptors (Lipinski definition) is 0. The Bertz CT molecular complexity index is 178. The van der Waals surface area contributed by atoms with Crippen LogP contribution in [-0.4, -0.2) is 12.1 Å². The Morgan fingerprint density at radius 1 is 1.14 bits per heavy atom. The van der Waals surface area contributed by atoms with E-state index in [0.717, 1.165) is 23.9 Å². The lowest BCUT2D eigenvalue weighted by Gasteiger charge is -2.40. The molecule has 14 heavy (non-hydrogen) atoms. The fourth-order valence-electron chi connectivity index (χ4n) is 3.73. The average molecular weight is 196 g/mol. The first-order valence-corrected chi connectivity index (χ1v) is 6.66. The number of fused-ring (bicyclic) bond motifs is 1. The first kappa shape index (κ1) is 10.5. The van der Waals surface area contributed by atoms with Crippen LogP contribution in [0.1, 0.15) is 58.8 Å². The molecule has 0 radical (unpaired) electrons. The number of quaternary nitrogens is 1. The standard InChI is InChI=1S/C13H25N/c1-3-5-11-8-9-12-10(2)6-4-7-13(12)14-11/h10-14H,3-9H2,1-2H3/p+1/t10-,11+,12+,13-/m1/s1. The van der Waals surface area contributed by atoms with Gasteiger partial charge in [-0.25, -0.2) is 0 Å². The molecule has 1 aliphatic carbocycles. The lowest BCUT2D eigenvalue weighted by Crippen LogP contribution is -2.98.